The van der Waals surface area contributed by atoms with Gasteiger partial charge in [-0.3, -0.25) is 4.90 Å². The van der Waals surface area contributed by atoms with E-state index < -0.39 is 0 Å². The Kier molecular flexibility index (Phi) is 4.83. The fourth-order valence-electron chi connectivity index (χ4n) is 3.02. The highest BCUT2D eigenvalue weighted by atomic mass is 16.5. The predicted octanol–water partition coefficient (Wildman–Crippen LogP) is 2.02. The fraction of sp³-hybridized carbons (Fsp3) is 1.00. The summed E-state index contributed by atoms with van der Waals surface area (Å²) in [5.41, 5.74) is 0. The Hall–Kier alpha value is -0.120. The summed E-state index contributed by atoms with van der Waals surface area (Å²) in [6.07, 6.45) is 5.92. The largest absolute Gasteiger partial charge is 0.374 e. The number of hydrogen-bond acceptors (Lipinski definition) is 3. The SMILES string of the molecule is CCC1CN(CC2CCC(C)O2)C(C)CCN1. The first-order valence-corrected chi connectivity index (χ1v) is 7.32. The van der Waals surface area contributed by atoms with Crippen molar-refractivity contribution in [1.29, 1.82) is 0 Å². The minimum absolute atomic E-state index is 0.474. The quantitative estimate of drug-likeness (QED) is 0.817. The van der Waals surface area contributed by atoms with Crippen molar-refractivity contribution in [2.24, 2.45) is 0 Å². The lowest BCUT2D eigenvalue weighted by molar-refractivity contribution is 0.0226. The Morgan fingerprint density at radius 2 is 2.06 bits per heavy atom. The highest BCUT2D eigenvalue weighted by Crippen LogP contribution is 2.22. The summed E-state index contributed by atoms with van der Waals surface area (Å²) in [5, 5.41) is 3.64. The molecule has 0 aromatic rings. The Balaban J connectivity index is 1.87. The molecule has 17 heavy (non-hydrogen) atoms. The van der Waals surface area contributed by atoms with E-state index in [1.807, 2.05) is 0 Å². The fourth-order valence-corrected chi connectivity index (χ4v) is 3.02. The van der Waals surface area contributed by atoms with Gasteiger partial charge in [0.1, 0.15) is 0 Å². The Bertz CT molecular complexity index is 234. The van der Waals surface area contributed by atoms with E-state index in [1.54, 1.807) is 0 Å². The highest BCUT2D eigenvalue weighted by Gasteiger charge is 2.28. The molecule has 0 amide bonds. The molecule has 2 saturated heterocycles. The van der Waals surface area contributed by atoms with Gasteiger partial charge in [0.25, 0.3) is 0 Å². The summed E-state index contributed by atoms with van der Waals surface area (Å²) in [6, 6.07) is 1.36. The molecule has 0 aliphatic carbocycles. The zero-order valence-electron chi connectivity index (χ0n) is 11.6. The van der Waals surface area contributed by atoms with Gasteiger partial charge in [0.15, 0.2) is 0 Å². The second kappa shape index (κ2) is 6.17. The first kappa shape index (κ1) is 13.3. The van der Waals surface area contributed by atoms with Crippen LogP contribution in [0.2, 0.25) is 0 Å². The van der Waals surface area contributed by atoms with Crippen LogP contribution in [-0.2, 0) is 4.74 Å². The van der Waals surface area contributed by atoms with E-state index in [4.69, 9.17) is 4.74 Å². The molecule has 2 fully saturated rings. The van der Waals surface area contributed by atoms with Crippen LogP contribution >= 0.6 is 0 Å². The van der Waals surface area contributed by atoms with Crippen LogP contribution in [0.25, 0.3) is 0 Å². The molecule has 2 aliphatic heterocycles. The van der Waals surface area contributed by atoms with Crippen molar-refractivity contribution in [3.63, 3.8) is 0 Å². The zero-order valence-corrected chi connectivity index (χ0v) is 11.6. The molecule has 4 atom stereocenters. The van der Waals surface area contributed by atoms with Crippen molar-refractivity contribution in [3.05, 3.63) is 0 Å². The van der Waals surface area contributed by atoms with Crippen molar-refractivity contribution in [2.75, 3.05) is 19.6 Å². The van der Waals surface area contributed by atoms with Gasteiger partial charge in [0.05, 0.1) is 12.2 Å². The van der Waals surface area contributed by atoms with E-state index in [9.17, 15) is 0 Å². The standard InChI is InChI=1S/C14H28N2O/c1-4-13-9-16(11(2)7-8-15-13)10-14-6-5-12(3)17-14/h11-15H,4-10H2,1-3H3. The zero-order chi connectivity index (χ0) is 12.3. The molecule has 3 heteroatoms. The lowest BCUT2D eigenvalue weighted by atomic mass is 10.1. The van der Waals surface area contributed by atoms with E-state index in [0.29, 0.717) is 24.3 Å². The Morgan fingerprint density at radius 3 is 2.71 bits per heavy atom. The number of hydrogen-bond donors (Lipinski definition) is 1. The van der Waals surface area contributed by atoms with Gasteiger partial charge in [-0.1, -0.05) is 6.92 Å². The van der Waals surface area contributed by atoms with Gasteiger partial charge in [-0.25, -0.2) is 0 Å². The molecular weight excluding hydrogens is 212 g/mol. The molecule has 0 radical (unpaired) electrons. The maximum atomic E-state index is 5.96. The molecule has 3 nitrogen and oxygen atoms in total. The topological polar surface area (TPSA) is 24.5 Å². The van der Waals surface area contributed by atoms with E-state index in [2.05, 4.69) is 31.0 Å². The van der Waals surface area contributed by atoms with Crippen LogP contribution in [0.1, 0.15) is 46.5 Å². The third kappa shape index (κ3) is 3.67. The van der Waals surface area contributed by atoms with Crippen LogP contribution in [0.15, 0.2) is 0 Å². The lowest BCUT2D eigenvalue weighted by Crippen LogP contribution is -2.43. The van der Waals surface area contributed by atoms with E-state index in [1.165, 1.54) is 32.2 Å². The summed E-state index contributed by atoms with van der Waals surface area (Å²) in [5.74, 6) is 0. The summed E-state index contributed by atoms with van der Waals surface area (Å²) in [4.78, 5) is 2.64. The molecule has 0 spiro atoms. The van der Waals surface area contributed by atoms with Gasteiger partial charge in [0.2, 0.25) is 0 Å². The first-order valence-electron chi connectivity index (χ1n) is 7.32. The van der Waals surface area contributed by atoms with Crippen LogP contribution < -0.4 is 5.32 Å². The van der Waals surface area contributed by atoms with Crippen LogP contribution in [0.4, 0.5) is 0 Å². The molecule has 0 saturated carbocycles. The second-order valence-corrected chi connectivity index (χ2v) is 5.80. The first-order chi connectivity index (χ1) is 8.19. The summed E-state index contributed by atoms with van der Waals surface area (Å²) in [7, 11) is 0. The predicted molar refractivity (Wildman–Crippen MR) is 71.3 cm³/mol. The number of nitrogens with zero attached hydrogens (tertiary/aromatic N) is 1. The van der Waals surface area contributed by atoms with Crippen molar-refractivity contribution < 1.29 is 4.74 Å². The summed E-state index contributed by atoms with van der Waals surface area (Å²) in [6.45, 7) is 10.3. The number of ether oxygens (including phenoxy) is 1. The van der Waals surface area contributed by atoms with Gasteiger partial charge < -0.3 is 10.1 Å². The van der Waals surface area contributed by atoms with E-state index in [0.717, 1.165) is 13.1 Å². The van der Waals surface area contributed by atoms with E-state index >= 15 is 0 Å². The van der Waals surface area contributed by atoms with Gasteiger partial charge in [-0.15, -0.1) is 0 Å². The molecule has 0 bridgehead atoms. The second-order valence-electron chi connectivity index (χ2n) is 5.80. The maximum absolute atomic E-state index is 5.96. The smallest absolute Gasteiger partial charge is 0.0706 e. The van der Waals surface area contributed by atoms with Crippen molar-refractivity contribution >= 4 is 0 Å². The third-order valence-electron chi connectivity index (χ3n) is 4.32. The molecule has 2 aliphatic rings. The summed E-state index contributed by atoms with van der Waals surface area (Å²) >= 11 is 0. The molecule has 100 valence electrons. The van der Waals surface area contributed by atoms with Crippen LogP contribution in [-0.4, -0.2) is 48.8 Å². The average Bonchev–Trinajstić information content (AvgIpc) is 2.62. The van der Waals surface area contributed by atoms with Crippen LogP contribution in [0.5, 0.6) is 0 Å². The van der Waals surface area contributed by atoms with Crippen LogP contribution in [0, 0.1) is 0 Å². The van der Waals surface area contributed by atoms with Gasteiger partial charge in [-0.05, 0) is 46.1 Å². The lowest BCUT2D eigenvalue weighted by Gasteiger charge is -2.31. The molecule has 4 unspecified atom stereocenters. The average molecular weight is 240 g/mol. The maximum Gasteiger partial charge on any atom is 0.0706 e. The molecule has 2 rings (SSSR count). The van der Waals surface area contributed by atoms with Crippen molar-refractivity contribution in [3.8, 4) is 0 Å². The molecule has 0 aromatic heterocycles. The number of rotatable bonds is 3. The van der Waals surface area contributed by atoms with E-state index in [-0.39, 0.29) is 0 Å². The Morgan fingerprint density at radius 1 is 1.24 bits per heavy atom. The van der Waals surface area contributed by atoms with Gasteiger partial charge >= 0.3 is 0 Å². The Labute approximate surface area is 106 Å². The normalized spacial score (nSPS) is 40.4. The minimum Gasteiger partial charge on any atom is -0.374 e. The monoisotopic (exact) mass is 240 g/mol. The highest BCUT2D eigenvalue weighted by molar-refractivity contribution is 4.83. The van der Waals surface area contributed by atoms with Crippen LogP contribution in [0.3, 0.4) is 0 Å². The summed E-state index contributed by atoms with van der Waals surface area (Å²) < 4.78 is 5.96. The van der Waals surface area contributed by atoms with Gasteiger partial charge in [0, 0.05) is 25.2 Å². The van der Waals surface area contributed by atoms with Crippen molar-refractivity contribution in [2.45, 2.75) is 70.7 Å². The molecule has 0 aromatic carbocycles. The van der Waals surface area contributed by atoms with Gasteiger partial charge in [-0.2, -0.15) is 0 Å². The molecule has 1 N–H and O–H groups in total. The van der Waals surface area contributed by atoms with Crippen molar-refractivity contribution in [1.82, 2.24) is 10.2 Å². The number of nitrogens with one attached hydrogen (secondary N) is 1. The molecular formula is C14H28N2O. The third-order valence-corrected chi connectivity index (χ3v) is 4.32. The minimum atomic E-state index is 0.474. The molecule has 2 heterocycles.